The Morgan fingerprint density at radius 1 is 1.03 bits per heavy atom. The molecule has 5 atom stereocenters. The monoisotopic (exact) mass is 957 g/mol. The van der Waals surface area contributed by atoms with Crippen molar-refractivity contribution in [1.29, 1.82) is 0 Å². The van der Waals surface area contributed by atoms with E-state index in [1.54, 1.807) is 27.7 Å². The second-order valence-electron chi connectivity index (χ2n) is 19.8. The number of carbonyl (C=O) groups is 4. The average Bonchev–Trinajstić information content (AvgIpc) is 3.94. The number of imidazole rings is 1. The molecule has 19 heteroatoms. The largest absolute Gasteiger partial charge is 0.486 e. The number of fused-ring (bicyclic) bond motifs is 4. The molecule has 0 bridgehead atoms. The molecular formula is C48H59N7O10S2. The van der Waals surface area contributed by atoms with Gasteiger partial charge in [0.25, 0.3) is 11.9 Å². The van der Waals surface area contributed by atoms with Crippen molar-refractivity contribution in [3.63, 3.8) is 0 Å². The zero-order chi connectivity index (χ0) is 47.5. The Balaban J connectivity index is 1.03. The van der Waals surface area contributed by atoms with E-state index in [9.17, 15) is 27.6 Å². The molecule has 1 saturated heterocycles. The topological polar surface area (TPSA) is 209 Å². The van der Waals surface area contributed by atoms with Crippen LogP contribution in [-0.2, 0) is 29.1 Å². The van der Waals surface area contributed by atoms with Crippen LogP contribution in [0.25, 0.3) is 32.9 Å². The second kappa shape index (κ2) is 17.8. The second-order valence-corrected chi connectivity index (χ2v) is 22.9. The number of rotatable bonds is 9. The maximum atomic E-state index is 14.8. The van der Waals surface area contributed by atoms with Gasteiger partial charge in [0, 0.05) is 34.9 Å². The first-order valence-corrected chi connectivity index (χ1v) is 25.6. The first-order valence-electron chi connectivity index (χ1n) is 23.2. The number of hydrogen-bond acceptors (Lipinski definition) is 13. The summed E-state index contributed by atoms with van der Waals surface area (Å²) < 4.78 is 53.7. The van der Waals surface area contributed by atoms with Gasteiger partial charge in [0.2, 0.25) is 21.8 Å². The quantitative estimate of drug-likeness (QED) is 0.148. The third-order valence-electron chi connectivity index (χ3n) is 13.2. The molecule has 17 nitrogen and oxygen atoms in total. The number of nitrogens with zero attached hydrogens (tertiary/aromatic N) is 4. The fraction of sp³-hybridized carbons (Fsp3) is 0.542. The Hall–Kier alpha value is -5.69. The van der Waals surface area contributed by atoms with E-state index in [1.807, 2.05) is 72.3 Å². The molecule has 5 aliphatic rings. The highest BCUT2D eigenvalue weighted by Crippen LogP contribution is 2.48. The Morgan fingerprint density at radius 2 is 1.81 bits per heavy atom. The Bertz CT molecular complexity index is 2740. The lowest BCUT2D eigenvalue weighted by Crippen LogP contribution is -2.58. The predicted molar refractivity (Wildman–Crippen MR) is 251 cm³/mol. The van der Waals surface area contributed by atoms with E-state index in [1.165, 1.54) is 16.2 Å². The van der Waals surface area contributed by atoms with Gasteiger partial charge in [-0.2, -0.15) is 4.98 Å². The standard InChI is InChI=1S/C48H59N7O10S2/c1-28(2)55-35-16-12-14-32(41-49-34(27-66-41)29-17-18-37-38(23-29)63-22-21-62-37)39(35)51-44(55)64-31-24-36-40(56)52-48(43(58)53-67(60,61)47(6)19-20-47)25-30(48)13-10-8-7-9-11-15-33(42(57)54(36)26-31)50-45(59)65-46(3,4)5/h10,12-14,16-18,23,27-28,30-31,33,36H,7-9,11,15,19-22,24-26H2,1-6H3,(H,50,59)(H,52,56)(H,53,58)/b13-10-/t30-,31-,33+,36+,48-/m1/s1. The molecule has 4 amide bonds. The third kappa shape index (κ3) is 9.45. The van der Waals surface area contributed by atoms with Gasteiger partial charge in [0.05, 0.1) is 22.5 Å². The average molecular weight is 958 g/mol. The number of ether oxygens (including phenoxy) is 4. The maximum Gasteiger partial charge on any atom is 0.408 e. The van der Waals surface area contributed by atoms with Gasteiger partial charge in [-0.05, 0) is 110 Å². The van der Waals surface area contributed by atoms with E-state index in [0.717, 1.165) is 40.2 Å². The number of benzene rings is 2. The zero-order valence-corrected chi connectivity index (χ0v) is 40.4. The summed E-state index contributed by atoms with van der Waals surface area (Å²) in [5.41, 5.74) is 1.55. The van der Waals surface area contributed by atoms with E-state index >= 15 is 0 Å². The lowest BCUT2D eigenvalue weighted by atomic mass is 10.0. The number of para-hydroxylation sites is 1. The molecule has 0 radical (unpaired) electrons. The Kier molecular flexibility index (Phi) is 12.3. The summed E-state index contributed by atoms with van der Waals surface area (Å²) in [6.07, 6.45) is 6.48. The van der Waals surface area contributed by atoms with E-state index in [-0.39, 0.29) is 31.4 Å². The van der Waals surface area contributed by atoms with Crippen LogP contribution in [0, 0.1) is 5.92 Å². The summed E-state index contributed by atoms with van der Waals surface area (Å²) in [5, 5.41) is 8.45. The minimum absolute atomic E-state index is 0.0187. The predicted octanol–water partition coefficient (Wildman–Crippen LogP) is 6.81. The summed E-state index contributed by atoms with van der Waals surface area (Å²) in [4.78, 5) is 68.3. The van der Waals surface area contributed by atoms with Gasteiger partial charge in [-0.1, -0.05) is 31.1 Å². The van der Waals surface area contributed by atoms with Crippen LogP contribution in [0.15, 0.2) is 53.9 Å². The lowest BCUT2D eigenvalue weighted by molar-refractivity contribution is -0.141. The van der Waals surface area contributed by atoms with Crippen LogP contribution < -0.4 is 29.6 Å². The number of carbonyl (C=O) groups excluding carboxylic acids is 4. The van der Waals surface area contributed by atoms with Gasteiger partial charge in [-0.3, -0.25) is 23.7 Å². The highest BCUT2D eigenvalue weighted by molar-refractivity contribution is 7.91. The number of alkyl carbamates (subject to hydrolysis) is 1. The van der Waals surface area contributed by atoms with Crippen molar-refractivity contribution in [3.05, 3.63) is 53.9 Å². The molecule has 3 fully saturated rings. The molecular weight excluding hydrogens is 899 g/mol. The zero-order valence-electron chi connectivity index (χ0n) is 38.8. The molecule has 0 spiro atoms. The van der Waals surface area contributed by atoms with Crippen LogP contribution in [0.1, 0.15) is 105 Å². The smallest absolute Gasteiger partial charge is 0.408 e. The number of nitrogens with one attached hydrogen (secondary N) is 3. The van der Waals surface area contributed by atoms with E-state index < -0.39 is 73.8 Å². The number of amides is 4. The minimum atomic E-state index is -4.02. The maximum absolute atomic E-state index is 14.8. The lowest BCUT2D eigenvalue weighted by Gasteiger charge is -2.30. The van der Waals surface area contributed by atoms with Gasteiger partial charge < -0.3 is 34.5 Å². The Morgan fingerprint density at radius 3 is 2.55 bits per heavy atom. The normalized spacial score (nSPS) is 25.5. The van der Waals surface area contributed by atoms with E-state index in [4.69, 9.17) is 28.9 Å². The van der Waals surface area contributed by atoms with Crippen LogP contribution in [-0.4, -0.2) is 106 Å². The fourth-order valence-corrected chi connectivity index (χ4v) is 11.3. The molecule has 2 aliphatic carbocycles. The first kappa shape index (κ1) is 46.4. The molecule has 3 N–H and O–H groups in total. The SMILES string of the molecule is CC(C)n1c(O[C@@H]2C[C@H]3C(=O)N[C@]4(C(=O)NS(=O)(=O)C5(C)CC5)C[C@H]4/C=C\CCCCC[C@H](NC(=O)OC(C)(C)C)C(=O)N3C2)nc2c(-c3nc(-c4ccc5c(c4)OCCO5)cs3)cccc21. The van der Waals surface area contributed by atoms with E-state index in [0.29, 0.717) is 62.3 Å². The van der Waals surface area contributed by atoms with Crippen LogP contribution in [0.4, 0.5) is 4.79 Å². The number of thiazole rings is 1. The van der Waals surface area contributed by atoms with Crippen LogP contribution in [0.5, 0.6) is 17.5 Å². The van der Waals surface area contributed by atoms with Crippen molar-refractivity contribution in [2.45, 2.75) is 139 Å². The molecule has 4 aromatic rings. The molecule has 2 saturated carbocycles. The Labute approximate surface area is 394 Å². The van der Waals surface area contributed by atoms with Crippen molar-refractivity contribution in [1.82, 2.24) is 34.8 Å². The molecule has 3 aliphatic heterocycles. The number of aromatic nitrogens is 3. The van der Waals surface area contributed by atoms with Crippen molar-refractivity contribution in [2.24, 2.45) is 5.92 Å². The summed E-state index contributed by atoms with van der Waals surface area (Å²) >= 11 is 1.49. The van der Waals surface area contributed by atoms with Gasteiger partial charge >= 0.3 is 6.09 Å². The van der Waals surface area contributed by atoms with Crippen molar-refractivity contribution in [2.75, 3.05) is 19.8 Å². The molecule has 2 aromatic heterocycles. The van der Waals surface area contributed by atoms with Gasteiger partial charge in [-0.15, -0.1) is 11.3 Å². The number of hydrogen-bond donors (Lipinski definition) is 3. The molecule has 9 rings (SSSR count). The van der Waals surface area contributed by atoms with Crippen LogP contribution in [0.2, 0.25) is 0 Å². The van der Waals surface area contributed by atoms with Crippen molar-refractivity contribution >= 4 is 56.2 Å². The summed E-state index contributed by atoms with van der Waals surface area (Å²) in [6, 6.07) is 9.63. The number of allylic oxidation sites excluding steroid dienone is 1. The fourth-order valence-electron chi connectivity index (χ4n) is 9.13. The van der Waals surface area contributed by atoms with Gasteiger partial charge in [0.1, 0.15) is 53.1 Å². The molecule has 5 heterocycles. The molecule has 67 heavy (non-hydrogen) atoms. The van der Waals surface area contributed by atoms with E-state index in [2.05, 4.69) is 15.4 Å². The molecule has 2 aromatic carbocycles. The third-order valence-corrected chi connectivity index (χ3v) is 16.2. The highest BCUT2D eigenvalue weighted by Gasteiger charge is 2.63. The first-order chi connectivity index (χ1) is 31.8. The summed E-state index contributed by atoms with van der Waals surface area (Å²) in [5.74, 6) is -1.03. The summed E-state index contributed by atoms with van der Waals surface area (Å²) in [7, 11) is -4.02. The summed E-state index contributed by atoms with van der Waals surface area (Å²) in [6.45, 7) is 11.8. The number of sulfonamides is 1. The highest BCUT2D eigenvalue weighted by atomic mass is 32.2. The minimum Gasteiger partial charge on any atom is -0.486 e. The van der Waals surface area contributed by atoms with Crippen molar-refractivity contribution in [3.8, 4) is 39.3 Å². The molecule has 0 unspecified atom stereocenters. The molecule has 358 valence electrons. The van der Waals surface area contributed by atoms with Gasteiger partial charge in [0.15, 0.2) is 11.5 Å². The van der Waals surface area contributed by atoms with Gasteiger partial charge in [-0.25, -0.2) is 18.2 Å². The van der Waals surface area contributed by atoms with Crippen LogP contribution >= 0.6 is 11.3 Å². The van der Waals surface area contributed by atoms with Crippen LogP contribution in [0.3, 0.4) is 0 Å². The van der Waals surface area contributed by atoms with Crippen molar-refractivity contribution < 1.29 is 46.5 Å².